The highest BCUT2D eigenvalue weighted by Gasteiger charge is 2.02. The van der Waals surface area contributed by atoms with Crippen LogP contribution < -0.4 is 4.84 Å². The maximum absolute atomic E-state index is 5.43. The minimum atomic E-state index is 0.679. The molecule has 0 atom stereocenters. The van der Waals surface area contributed by atoms with Gasteiger partial charge in [0.05, 0.1) is 6.54 Å². The van der Waals surface area contributed by atoms with Gasteiger partial charge in [0.2, 0.25) is 6.34 Å². The zero-order valence-electron chi connectivity index (χ0n) is 7.05. The molecule has 1 aliphatic heterocycles. The predicted molar refractivity (Wildman–Crippen MR) is 50.4 cm³/mol. The van der Waals surface area contributed by atoms with Crippen LogP contribution in [0.5, 0.6) is 5.75 Å². The van der Waals surface area contributed by atoms with Gasteiger partial charge in [0, 0.05) is 6.20 Å². The number of para-hydroxylation sites is 1. The van der Waals surface area contributed by atoms with Gasteiger partial charge in [-0.15, -0.1) is 0 Å². The Kier molecular flexibility index (Phi) is 2.27. The number of rotatable bonds is 2. The van der Waals surface area contributed by atoms with Crippen LogP contribution in [0.3, 0.4) is 0 Å². The second-order valence-electron chi connectivity index (χ2n) is 2.58. The van der Waals surface area contributed by atoms with Gasteiger partial charge in [0.15, 0.2) is 5.75 Å². The summed E-state index contributed by atoms with van der Waals surface area (Å²) in [6.45, 7) is 0.679. The molecule has 0 spiro atoms. The molecule has 0 saturated heterocycles. The van der Waals surface area contributed by atoms with Crippen LogP contribution in [0.2, 0.25) is 0 Å². The molecule has 65 valence electrons. The number of hydrogen-bond donors (Lipinski definition) is 0. The van der Waals surface area contributed by atoms with Gasteiger partial charge in [-0.25, -0.2) is 4.99 Å². The van der Waals surface area contributed by atoms with Crippen molar-refractivity contribution in [2.75, 3.05) is 6.54 Å². The summed E-state index contributed by atoms with van der Waals surface area (Å²) >= 11 is 0. The molecule has 1 aromatic carbocycles. The Morgan fingerprint density at radius 2 is 2.15 bits per heavy atom. The molecule has 1 aliphatic rings. The van der Waals surface area contributed by atoms with Crippen molar-refractivity contribution in [3.63, 3.8) is 0 Å². The molecule has 1 heterocycles. The standard InChI is InChI=1S/C10H9N2O/c1-2-5-10(6-3-1)13-12-8-4-7-11-9-12/h1-7H,8H2. The molecule has 0 aromatic heterocycles. The number of benzene rings is 1. The second kappa shape index (κ2) is 3.76. The van der Waals surface area contributed by atoms with Crippen molar-refractivity contribution in [3.8, 4) is 5.75 Å². The molecule has 1 radical (unpaired) electrons. The van der Waals surface area contributed by atoms with Crippen molar-refractivity contribution in [3.05, 3.63) is 42.6 Å². The average molecular weight is 173 g/mol. The summed E-state index contributed by atoms with van der Waals surface area (Å²) < 4.78 is 0. The quantitative estimate of drug-likeness (QED) is 0.680. The molecule has 0 amide bonds. The molecule has 0 aliphatic carbocycles. The lowest BCUT2D eigenvalue weighted by Gasteiger charge is -2.17. The summed E-state index contributed by atoms with van der Waals surface area (Å²) in [6.07, 6.45) is 6.32. The minimum absolute atomic E-state index is 0.679. The molecule has 13 heavy (non-hydrogen) atoms. The van der Waals surface area contributed by atoms with Crippen LogP contribution in [0.4, 0.5) is 0 Å². The second-order valence-corrected chi connectivity index (χ2v) is 2.58. The largest absolute Gasteiger partial charge is 0.378 e. The lowest BCUT2D eigenvalue weighted by atomic mass is 10.3. The zero-order chi connectivity index (χ0) is 8.93. The van der Waals surface area contributed by atoms with Gasteiger partial charge >= 0.3 is 0 Å². The first-order valence-electron chi connectivity index (χ1n) is 4.06. The fraction of sp³-hybridized carbons (Fsp3) is 0.100. The lowest BCUT2D eigenvalue weighted by Crippen LogP contribution is -2.27. The maximum atomic E-state index is 5.43. The molecular formula is C10H9N2O. The van der Waals surface area contributed by atoms with Crippen molar-refractivity contribution >= 4 is 6.34 Å². The Balaban J connectivity index is 1.99. The molecule has 3 nitrogen and oxygen atoms in total. The van der Waals surface area contributed by atoms with Crippen LogP contribution >= 0.6 is 0 Å². The first-order chi connectivity index (χ1) is 6.45. The van der Waals surface area contributed by atoms with Gasteiger partial charge in [-0.3, -0.25) is 0 Å². The van der Waals surface area contributed by atoms with E-state index >= 15 is 0 Å². The van der Waals surface area contributed by atoms with Gasteiger partial charge in [-0.05, 0) is 18.2 Å². The number of hydroxylamine groups is 2. The first kappa shape index (κ1) is 7.86. The highest BCUT2D eigenvalue weighted by molar-refractivity contribution is 5.56. The Bertz CT molecular complexity index is 319. The van der Waals surface area contributed by atoms with E-state index in [1.807, 2.05) is 36.4 Å². The topological polar surface area (TPSA) is 24.8 Å². The third-order valence-corrected chi connectivity index (χ3v) is 1.58. The number of nitrogens with zero attached hydrogens (tertiary/aromatic N) is 2. The van der Waals surface area contributed by atoms with Crippen LogP contribution in [0, 0.1) is 0 Å². The lowest BCUT2D eigenvalue weighted by molar-refractivity contribution is 0.0362. The van der Waals surface area contributed by atoms with Gasteiger partial charge < -0.3 is 4.84 Å². The van der Waals surface area contributed by atoms with Crippen LogP contribution in [-0.2, 0) is 0 Å². The molecule has 2 rings (SSSR count). The summed E-state index contributed by atoms with van der Waals surface area (Å²) in [4.78, 5) is 9.26. The third-order valence-electron chi connectivity index (χ3n) is 1.58. The fourth-order valence-corrected chi connectivity index (χ4v) is 1.00. The van der Waals surface area contributed by atoms with E-state index < -0.39 is 0 Å². The van der Waals surface area contributed by atoms with Crippen molar-refractivity contribution in [2.45, 2.75) is 0 Å². The zero-order valence-corrected chi connectivity index (χ0v) is 7.05. The highest BCUT2D eigenvalue weighted by Crippen LogP contribution is 2.10. The van der Waals surface area contributed by atoms with E-state index in [4.69, 9.17) is 4.84 Å². The van der Waals surface area contributed by atoms with E-state index in [2.05, 4.69) is 11.3 Å². The predicted octanol–water partition coefficient (Wildman–Crippen LogP) is 1.72. The summed E-state index contributed by atoms with van der Waals surface area (Å²) in [5.74, 6) is 0.792. The van der Waals surface area contributed by atoms with E-state index in [9.17, 15) is 0 Å². The van der Waals surface area contributed by atoms with Crippen molar-refractivity contribution in [1.29, 1.82) is 0 Å². The van der Waals surface area contributed by atoms with E-state index in [1.54, 1.807) is 11.3 Å². The molecule has 1 aromatic rings. The Hall–Kier alpha value is -1.77. The van der Waals surface area contributed by atoms with E-state index in [1.165, 1.54) is 0 Å². The van der Waals surface area contributed by atoms with Crippen LogP contribution in [0.1, 0.15) is 0 Å². The molecule has 0 bridgehead atoms. The normalized spacial score (nSPS) is 14.6. The summed E-state index contributed by atoms with van der Waals surface area (Å²) in [5.41, 5.74) is 0. The fourth-order valence-electron chi connectivity index (χ4n) is 1.00. The van der Waals surface area contributed by atoms with E-state index in [0.717, 1.165) is 5.75 Å². The Morgan fingerprint density at radius 1 is 1.31 bits per heavy atom. The Labute approximate surface area is 76.9 Å². The van der Waals surface area contributed by atoms with Crippen LogP contribution in [-0.4, -0.2) is 17.9 Å². The Morgan fingerprint density at radius 3 is 2.85 bits per heavy atom. The first-order valence-corrected chi connectivity index (χ1v) is 4.06. The molecule has 0 N–H and O–H groups in total. The molecule has 0 fully saturated rings. The van der Waals surface area contributed by atoms with Gasteiger partial charge in [-0.2, -0.15) is 5.06 Å². The van der Waals surface area contributed by atoms with Crippen LogP contribution in [0.25, 0.3) is 0 Å². The van der Waals surface area contributed by atoms with Gasteiger partial charge in [0.25, 0.3) is 0 Å². The third kappa shape index (κ3) is 2.08. The number of aliphatic imine (C=N–C) groups is 1. The van der Waals surface area contributed by atoms with Crippen molar-refractivity contribution in [1.82, 2.24) is 5.06 Å². The van der Waals surface area contributed by atoms with E-state index in [0.29, 0.717) is 6.54 Å². The maximum Gasteiger partial charge on any atom is 0.209 e. The molecule has 0 saturated carbocycles. The molecular weight excluding hydrogens is 164 g/mol. The summed E-state index contributed by atoms with van der Waals surface area (Å²) in [7, 11) is 0. The summed E-state index contributed by atoms with van der Waals surface area (Å²) in [6, 6.07) is 9.57. The highest BCUT2D eigenvalue weighted by atomic mass is 16.7. The van der Waals surface area contributed by atoms with Crippen molar-refractivity contribution in [2.24, 2.45) is 4.99 Å². The summed E-state index contributed by atoms with van der Waals surface area (Å²) in [5, 5.41) is 1.55. The van der Waals surface area contributed by atoms with Gasteiger partial charge in [0.1, 0.15) is 0 Å². The monoisotopic (exact) mass is 173 g/mol. The average Bonchev–Trinajstić information content (AvgIpc) is 2.21. The van der Waals surface area contributed by atoms with Crippen molar-refractivity contribution < 1.29 is 4.84 Å². The van der Waals surface area contributed by atoms with Crippen LogP contribution in [0.15, 0.2) is 47.6 Å². The van der Waals surface area contributed by atoms with E-state index in [-0.39, 0.29) is 0 Å². The molecule has 3 heteroatoms. The van der Waals surface area contributed by atoms with Gasteiger partial charge in [-0.1, -0.05) is 18.2 Å². The smallest absolute Gasteiger partial charge is 0.209 e. The molecule has 0 unspecified atom stereocenters. The number of hydrogen-bond acceptors (Lipinski definition) is 3. The minimum Gasteiger partial charge on any atom is -0.378 e. The SMILES string of the molecule is [C]1=NC=CCN1Oc1ccccc1.